The van der Waals surface area contributed by atoms with E-state index in [1.807, 2.05) is 13.0 Å². The first kappa shape index (κ1) is 24.0. The fourth-order valence-electron chi connectivity index (χ4n) is 3.00. The van der Waals surface area contributed by atoms with Crippen LogP contribution in [0.4, 0.5) is 10.1 Å². The summed E-state index contributed by atoms with van der Waals surface area (Å²) >= 11 is 0. The van der Waals surface area contributed by atoms with Gasteiger partial charge in [0, 0.05) is 0 Å². The van der Waals surface area contributed by atoms with Gasteiger partial charge in [0.1, 0.15) is 23.2 Å². The topological polar surface area (TPSA) is 97.6 Å². The number of benzene rings is 3. The van der Waals surface area contributed by atoms with Crippen LogP contribution in [0, 0.1) is 17.1 Å². The first-order chi connectivity index (χ1) is 16.5. The number of rotatable bonds is 8. The molecule has 0 atom stereocenters. The third kappa shape index (κ3) is 5.78. The van der Waals surface area contributed by atoms with Gasteiger partial charge in [-0.05, 0) is 55.0 Å². The molecule has 3 rings (SSSR count). The standard InChI is InChI=1S/C26H21FN2O5/c1-3-33-22-11-7-6-10-21(22)29-25(30)18(16-28)14-17-12-13-23(24(15-17)32-2)34-26(31)19-8-4-5-9-20(19)27/h4-15H,3H2,1-2H3,(H,29,30)/b18-14+. The highest BCUT2D eigenvalue weighted by molar-refractivity contribution is 6.10. The average molecular weight is 460 g/mol. The Labute approximate surface area is 196 Å². The number of hydrogen-bond acceptors (Lipinski definition) is 6. The van der Waals surface area contributed by atoms with Crippen molar-refractivity contribution in [3.8, 4) is 23.3 Å². The smallest absolute Gasteiger partial charge is 0.346 e. The van der Waals surface area contributed by atoms with E-state index in [0.717, 1.165) is 6.07 Å². The van der Waals surface area contributed by atoms with Crippen LogP contribution in [0.5, 0.6) is 17.2 Å². The molecule has 0 aromatic heterocycles. The van der Waals surface area contributed by atoms with Crippen LogP contribution < -0.4 is 19.5 Å². The maximum atomic E-state index is 13.9. The third-order valence-electron chi connectivity index (χ3n) is 4.60. The Kier molecular flexibility index (Phi) is 7.97. The van der Waals surface area contributed by atoms with Crippen molar-refractivity contribution in [2.24, 2.45) is 0 Å². The lowest BCUT2D eigenvalue weighted by Gasteiger charge is -2.11. The Morgan fingerprint density at radius 2 is 1.76 bits per heavy atom. The number of nitriles is 1. The lowest BCUT2D eigenvalue weighted by Crippen LogP contribution is -2.14. The van der Waals surface area contributed by atoms with Gasteiger partial charge in [-0.1, -0.05) is 30.3 Å². The number of hydrogen-bond donors (Lipinski definition) is 1. The van der Waals surface area contributed by atoms with E-state index < -0.39 is 17.7 Å². The average Bonchev–Trinajstić information content (AvgIpc) is 2.84. The summed E-state index contributed by atoms with van der Waals surface area (Å²) in [6.45, 7) is 2.24. The van der Waals surface area contributed by atoms with Crippen molar-refractivity contribution in [3.63, 3.8) is 0 Å². The van der Waals surface area contributed by atoms with Crippen molar-refractivity contribution in [2.45, 2.75) is 6.92 Å². The summed E-state index contributed by atoms with van der Waals surface area (Å²) in [4.78, 5) is 25.0. The second-order valence-corrected chi connectivity index (χ2v) is 6.83. The van der Waals surface area contributed by atoms with Gasteiger partial charge in [-0.25, -0.2) is 9.18 Å². The molecule has 3 aromatic rings. The predicted molar refractivity (Wildman–Crippen MR) is 124 cm³/mol. The Hall–Kier alpha value is -4.64. The molecule has 34 heavy (non-hydrogen) atoms. The number of nitrogens with one attached hydrogen (secondary N) is 1. The highest BCUT2D eigenvalue weighted by Gasteiger charge is 2.17. The fourth-order valence-corrected chi connectivity index (χ4v) is 3.00. The number of halogens is 1. The minimum Gasteiger partial charge on any atom is -0.493 e. The van der Waals surface area contributed by atoms with Gasteiger partial charge in [-0.15, -0.1) is 0 Å². The van der Waals surface area contributed by atoms with E-state index in [4.69, 9.17) is 14.2 Å². The van der Waals surface area contributed by atoms with Gasteiger partial charge in [0.25, 0.3) is 5.91 Å². The maximum Gasteiger partial charge on any atom is 0.346 e. The van der Waals surface area contributed by atoms with Gasteiger partial charge in [0.05, 0.1) is 25.0 Å². The van der Waals surface area contributed by atoms with Crippen LogP contribution in [-0.2, 0) is 4.79 Å². The van der Waals surface area contributed by atoms with E-state index in [9.17, 15) is 19.2 Å². The Bertz CT molecular complexity index is 1280. The summed E-state index contributed by atoms with van der Waals surface area (Å²) in [6, 6.07) is 18.7. The Morgan fingerprint density at radius 1 is 1.03 bits per heavy atom. The van der Waals surface area contributed by atoms with E-state index in [2.05, 4.69) is 5.32 Å². The van der Waals surface area contributed by atoms with Crippen molar-refractivity contribution in [1.29, 1.82) is 5.26 Å². The number of amides is 1. The summed E-state index contributed by atoms with van der Waals surface area (Å²) in [6.07, 6.45) is 1.36. The van der Waals surface area contributed by atoms with Crippen LogP contribution in [0.15, 0.2) is 72.3 Å². The number of anilines is 1. The molecule has 172 valence electrons. The number of esters is 1. The summed E-state index contributed by atoms with van der Waals surface area (Å²) in [7, 11) is 1.37. The van der Waals surface area contributed by atoms with Crippen LogP contribution in [0.25, 0.3) is 6.08 Å². The molecular weight excluding hydrogens is 439 g/mol. The number of carbonyl (C=O) groups excluding carboxylic acids is 2. The highest BCUT2D eigenvalue weighted by atomic mass is 19.1. The summed E-state index contributed by atoms with van der Waals surface area (Å²) in [5, 5.41) is 12.2. The monoisotopic (exact) mass is 460 g/mol. The number of nitrogens with zero attached hydrogens (tertiary/aromatic N) is 1. The van der Waals surface area contributed by atoms with Gasteiger partial charge in [0.15, 0.2) is 11.5 Å². The van der Waals surface area contributed by atoms with E-state index >= 15 is 0 Å². The third-order valence-corrected chi connectivity index (χ3v) is 4.60. The first-order valence-electron chi connectivity index (χ1n) is 10.3. The lowest BCUT2D eigenvalue weighted by atomic mass is 10.1. The van der Waals surface area contributed by atoms with Gasteiger partial charge < -0.3 is 19.5 Å². The molecule has 0 unspecified atom stereocenters. The van der Waals surface area contributed by atoms with Crippen LogP contribution in [0.1, 0.15) is 22.8 Å². The van der Waals surface area contributed by atoms with Crippen LogP contribution in [0.3, 0.4) is 0 Å². The van der Waals surface area contributed by atoms with Gasteiger partial charge in [-0.3, -0.25) is 4.79 Å². The molecular formula is C26H21FN2O5. The second-order valence-electron chi connectivity index (χ2n) is 6.83. The van der Waals surface area contributed by atoms with Crippen molar-refractivity contribution in [2.75, 3.05) is 19.0 Å². The molecule has 7 nitrogen and oxygen atoms in total. The molecule has 0 aliphatic rings. The van der Waals surface area contributed by atoms with Crippen molar-refractivity contribution >= 4 is 23.6 Å². The molecule has 0 fully saturated rings. The fraction of sp³-hybridized carbons (Fsp3) is 0.115. The molecule has 3 aromatic carbocycles. The van der Waals surface area contributed by atoms with E-state index in [1.54, 1.807) is 24.3 Å². The number of para-hydroxylation sites is 2. The molecule has 0 aliphatic carbocycles. The predicted octanol–water partition coefficient (Wildman–Crippen LogP) is 5.00. The largest absolute Gasteiger partial charge is 0.493 e. The Balaban J connectivity index is 1.81. The van der Waals surface area contributed by atoms with Crippen LogP contribution >= 0.6 is 0 Å². The summed E-state index contributed by atoms with van der Waals surface area (Å²) in [5.74, 6) is -1.51. The molecule has 8 heteroatoms. The molecule has 0 radical (unpaired) electrons. The number of carbonyl (C=O) groups is 2. The maximum absolute atomic E-state index is 13.9. The molecule has 0 saturated heterocycles. The zero-order valence-corrected chi connectivity index (χ0v) is 18.5. The quantitative estimate of drug-likeness (QED) is 0.220. The highest BCUT2D eigenvalue weighted by Crippen LogP contribution is 2.30. The molecule has 0 heterocycles. The minimum atomic E-state index is -0.884. The minimum absolute atomic E-state index is 0.0569. The number of methoxy groups -OCH3 is 1. The SMILES string of the molecule is CCOc1ccccc1NC(=O)/C(C#N)=C/c1ccc(OC(=O)c2ccccc2F)c(OC)c1. The summed E-state index contributed by atoms with van der Waals surface area (Å²) < 4.78 is 29.9. The van der Waals surface area contributed by atoms with E-state index in [1.165, 1.54) is 49.6 Å². The van der Waals surface area contributed by atoms with Crippen LogP contribution in [-0.4, -0.2) is 25.6 Å². The van der Waals surface area contributed by atoms with Gasteiger partial charge >= 0.3 is 5.97 Å². The van der Waals surface area contributed by atoms with E-state index in [-0.39, 0.29) is 22.6 Å². The normalized spacial score (nSPS) is 10.7. The summed E-state index contributed by atoms with van der Waals surface area (Å²) in [5.41, 5.74) is 0.504. The first-order valence-corrected chi connectivity index (χ1v) is 10.3. The molecule has 0 saturated carbocycles. The van der Waals surface area contributed by atoms with Crippen molar-refractivity contribution in [1.82, 2.24) is 0 Å². The molecule has 1 amide bonds. The zero-order chi connectivity index (χ0) is 24.5. The van der Waals surface area contributed by atoms with Gasteiger partial charge in [0.2, 0.25) is 0 Å². The van der Waals surface area contributed by atoms with Gasteiger partial charge in [-0.2, -0.15) is 5.26 Å². The molecule has 0 spiro atoms. The zero-order valence-electron chi connectivity index (χ0n) is 18.5. The van der Waals surface area contributed by atoms with Crippen molar-refractivity contribution < 1.29 is 28.2 Å². The van der Waals surface area contributed by atoms with Crippen molar-refractivity contribution in [3.05, 3.63) is 89.2 Å². The molecule has 0 bridgehead atoms. The second kappa shape index (κ2) is 11.3. The van der Waals surface area contributed by atoms with Crippen LogP contribution in [0.2, 0.25) is 0 Å². The molecule has 1 N–H and O–H groups in total. The lowest BCUT2D eigenvalue weighted by molar-refractivity contribution is -0.112. The Morgan fingerprint density at radius 3 is 2.47 bits per heavy atom. The van der Waals surface area contributed by atoms with E-state index in [0.29, 0.717) is 23.6 Å². The number of ether oxygens (including phenoxy) is 3. The molecule has 0 aliphatic heterocycles.